The number of hydrogen-bond acceptors (Lipinski definition) is 3. The number of rotatable bonds is 0. The van der Waals surface area contributed by atoms with Crippen LogP contribution < -0.4 is 5.73 Å². The van der Waals surface area contributed by atoms with Crippen molar-refractivity contribution < 1.29 is 0 Å². The fourth-order valence-corrected chi connectivity index (χ4v) is 1.13. The summed E-state index contributed by atoms with van der Waals surface area (Å²) in [6, 6.07) is 0. The molecule has 0 fully saturated rings. The maximum absolute atomic E-state index is 5.63. The number of aromatic nitrogens is 3. The summed E-state index contributed by atoms with van der Waals surface area (Å²) in [6.07, 6.45) is 5.21. The van der Waals surface area contributed by atoms with Crippen LogP contribution in [0.1, 0.15) is 5.69 Å². The Balaban J connectivity index is 2.96. The SMILES string of the molecule is Cc1ncn2ccnc(N)c12. The van der Waals surface area contributed by atoms with Crippen molar-refractivity contribution in [3.05, 3.63) is 24.4 Å². The van der Waals surface area contributed by atoms with E-state index in [1.54, 1.807) is 12.5 Å². The zero-order chi connectivity index (χ0) is 7.84. The Morgan fingerprint density at radius 2 is 2.27 bits per heavy atom. The summed E-state index contributed by atoms with van der Waals surface area (Å²) >= 11 is 0. The molecule has 2 aromatic heterocycles. The first-order valence-electron chi connectivity index (χ1n) is 3.33. The molecule has 0 radical (unpaired) electrons. The van der Waals surface area contributed by atoms with Crippen LogP contribution in [0, 0.1) is 6.92 Å². The smallest absolute Gasteiger partial charge is 0.149 e. The Hall–Kier alpha value is -1.58. The summed E-state index contributed by atoms with van der Waals surface area (Å²) in [6.45, 7) is 1.91. The van der Waals surface area contributed by atoms with Crippen LogP contribution in [-0.2, 0) is 0 Å². The molecule has 0 spiro atoms. The molecule has 11 heavy (non-hydrogen) atoms. The van der Waals surface area contributed by atoms with Gasteiger partial charge in [-0.05, 0) is 6.92 Å². The van der Waals surface area contributed by atoms with Gasteiger partial charge < -0.3 is 10.1 Å². The largest absolute Gasteiger partial charge is 0.382 e. The van der Waals surface area contributed by atoms with E-state index in [9.17, 15) is 0 Å². The van der Waals surface area contributed by atoms with Crippen molar-refractivity contribution in [3.63, 3.8) is 0 Å². The summed E-state index contributed by atoms with van der Waals surface area (Å²) in [7, 11) is 0. The van der Waals surface area contributed by atoms with Gasteiger partial charge in [0.15, 0.2) is 0 Å². The van der Waals surface area contributed by atoms with Crippen molar-refractivity contribution in [2.24, 2.45) is 0 Å². The van der Waals surface area contributed by atoms with Crippen LogP contribution in [0.4, 0.5) is 5.82 Å². The van der Waals surface area contributed by atoms with Crippen molar-refractivity contribution in [1.82, 2.24) is 14.4 Å². The maximum atomic E-state index is 5.63. The Kier molecular flexibility index (Phi) is 1.09. The number of aryl methyl sites for hydroxylation is 1. The second-order valence-electron chi connectivity index (χ2n) is 2.40. The lowest BCUT2D eigenvalue weighted by atomic mass is 10.4. The normalized spacial score (nSPS) is 10.6. The molecular weight excluding hydrogens is 140 g/mol. The van der Waals surface area contributed by atoms with Crippen molar-refractivity contribution in [1.29, 1.82) is 0 Å². The molecule has 4 nitrogen and oxygen atoms in total. The second-order valence-corrected chi connectivity index (χ2v) is 2.40. The van der Waals surface area contributed by atoms with Crippen molar-refractivity contribution in [2.75, 3.05) is 5.73 Å². The third-order valence-electron chi connectivity index (χ3n) is 1.66. The number of imidazole rings is 1. The molecule has 0 bridgehead atoms. The van der Waals surface area contributed by atoms with Crippen LogP contribution >= 0.6 is 0 Å². The van der Waals surface area contributed by atoms with Gasteiger partial charge in [0.25, 0.3) is 0 Å². The predicted octanol–water partition coefficient (Wildman–Crippen LogP) is 0.620. The molecule has 2 rings (SSSR count). The molecular formula is C7H8N4. The monoisotopic (exact) mass is 148 g/mol. The molecule has 2 aromatic rings. The minimum atomic E-state index is 0.530. The standard InChI is InChI=1S/C7H8N4/c1-5-6-7(8)9-2-3-11(6)4-10-5/h2-4H,1H3,(H2,8,9). The lowest BCUT2D eigenvalue weighted by Crippen LogP contribution is -1.94. The van der Waals surface area contributed by atoms with E-state index >= 15 is 0 Å². The summed E-state index contributed by atoms with van der Waals surface area (Å²) < 4.78 is 1.86. The minimum Gasteiger partial charge on any atom is -0.382 e. The van der Waals surface area contributed by atoms with Gasteiger partial charge in [-0.25, -0.2) is 9.97 Å². The topological polar surface area (TPSA) is 56.2 Å². The molecule has 0 unspecified atom stereocenters. The highest BCUT2D eigenvalue weighted by atomic mass is 15.0. The quantitative estimate of drug-likeness (QED) is 0.595. The van der Waals surface area contributed by atoms with Gasteiger partial charge in [-0.1, -0.05) is 0 Å². The number of anilines is 1. The van der Waals surface area contributed by atoms with E-state index in [1.165, 1.54) is 0 Å². The molecule has 0 amide bonds. The van der Waals surface area contributed by atoms with Gasteiger partial charge in [0.05, 0.1) is 12.0 Å². The lowest BCUT2D eigenvalue weighted by molar-refractivity contribution is 1.12. The fourth-order valence-electron chi connectivity index (χ4n) is 1.13. The Morgan fingerprint density at radius 3 is 3.00 bits per heavy atom. The first kappa shape index (κ1) is 6.15. The van der Waals surface area contributed by atoms with Crippen LogP contribution in [0.5, 0.6) is 0 Å². The van der Waals surface area contributed by atoms with E-state index in [1.807, 2.05) is 17.5 Å². The summed E-state index contributed by atoms with van der Waals surface area (Å²) in [5, 5.41) is 0. The molecule has 0 aliphatic rings. The Labute approximate surface area is 63.7 Å². The fraction of sp³-hybridized carbons (Fsp3) is 0.143. The van der Waals surface area contributed by atoms with E-state index in [-0.39, 0.29) is 0 Å². The maximum Gasteiger partial charge on any atom is 0.149 e. The first-order valence-corrected chi connectivity index (χ1v) is 3.33. The van der Waals surface area contributed by atoms with Crippen LogP contribution in [0.15, 0.2) is 18.7 Å². The number of nitrogen functional groups attached to an aromatic ring is 1. The molecule has 0 atom stereocenters. The predicted molar refractivity (Wildman–Crippen MR) is 42.1 cm³/mol. The van der Waals surface area contributed by atoms with Gasteiger partial charge in [-0.3, -0.25) is 0 Å². The first-order chi connectivity index (χ1) is 5.29. The highest BCUT2D eigenvalue weighted by Gasteiger charge is 2.01. The van der Waals surface area contributed by atoms with Crippen LogP contribution in [0.2, 0.25) is 0 Å². The Morgan fingerprint density at radius 1 is 1.45 bits per heavy atom. The third kappa shape index (κ3) is 0.756. The number of nitrogens with zero attached hydrogens (tertiary/aromatic N) is 3. The Bertz CT molecular complexity index is 390. The molecule has 0 saturated heterocycles. The van der Waals surface area contributed by atoms with Gasteiger partial charge in [0.2, 0.25) is 0 Å². The number of nitrogens with two attached hydrogens (primary N) is 1. The van der Waals surface area contributed by atoms with Crippen LogP contribution in [-0.4, -0.2) is 14.4 Å². The van der Waals surface area contributed by atoms with Gasteiger partial charge in [0, 0.05) is 12.4 Å². The summed E-state index contributed by atoms with van der Waals surface area (Å²) in [4.78, 5) is 8.06. The molecule has 0 aromatic carbocycles. The molecule has 0 saturated carbocycles. The second kappa shape index (κ2) is 1.95. The van der Waals surface area contributed by atoms with Crippen LogP contribution in [0.25, 0.3) is 5.52 Å². The van der Waals surface area contributed by atoms with Gasteiger partial charge >= 0.3 is 0 Å². The van der Waals surface area contributed by atoms with Crippen molar-refractivity contribution >= 4 is 11.3 Å². The molecule has 0 aliphatic heterocycles. The zero-order valence-corrected chi connectivity index (χ0v) is 6.15. The average Bonchev–Trinajstić information content (AvgIpc) is 2.34. The van der Waals surface area contributed by atoms with Gasteiger partial charge in [-0.2, -0.15) is 0 Å². The van der Waals surface area contributed by atoms with Gasteiger partial charge in [0.1, 0.15) is 11.3 Å². The molecule has 4 heteroatoms. The van der Waals surface area contributed by atoms with Crippen LogP contribution in [0.3, 0.4) is 0 Å². The van der Waals surface area contributed by atoms with E-state index < -0.39 is 0 Å². The summed E-state index contributed by atoms with van der Waals surface area (Å²) in [5.41, 5.74) is 7.44. The average molecular weight is 148 g/mol. The summed E-state index contributed by atoms with van der Waals surface area (Å²) in [5.74, 6) is 0.530. The number of fused-ring (bicyclic) bond motifs is 1. The van der Waals surface area contributed by atoms with Crippen molar-refractivity contribution in [3.8, 4) is 0 Å². The van der Waals surface area contributed by atoms with E-state index in [0.717, 1.165) is 11.2 Å². The van der Waals surface area contributed by atoms with E-state index in [4.69, 9.17) is 5.73 Å². The van der Waals surface area contributed by atoms with Crippen molar-refractivity contribution in [2.45, 2.75) is 6.92 Å². The zero-order valence-electron chi connectivity index (χ0n) is 6.15. The lowest BCUT2D eigenvalue weighted by Gasteiger charge is -1.95. The highest BCUT2D eigenvalue weighted by molar-refractivity contribution is 5.67. The molecule has 56 valence electrons. The highest BCUT2D eigenvalue weighted by Crippen LogP contribution is 2.12. The molecule has 0 aliphatic carbocycles. The molecule has 2 heterocycles. The van der Waals surface area contributed by atoms with Gasteiger partial charge in [-0.15, -0.1) is 0 Å². The number of hydrogen-bond donors (Lipinski definition) is 1. The van der Waals surface area contributed by atoms with E-state index in [0.29, 0.717) is 5.82 Å². The minimum absolute atomic E-state index is 0.530. The third-order valence-corrected chi connectivity index (χ3v) is 1.66. The molecule has 2 N–H and O–H groups in total. The van der Waals surface area contributed by atoms with E-state index in [2.05, 4.69) is 9.97 Å².